The normalized spacial score (nSPS) is 13.3. The van der Waals surface area contributed by atoms with Crippen LogP contribution in [0.4, 0.5) is 17.1 Å². The smallest absolute Gasteiger partial charge is 0.270 e. The molecule has 0 radical (unpaired) electrons. The molecule has 0 aromatic heterocycles. The number of carbonyl (C=O) groups excluding carboxylic acids is 2. The van der Waals surface area contributed by atoms with Crippen molar-refractivity contribution in [1.29, 1.82) is 0 Å². The van der Waals surface area contributed by atoms with Crippen LogP contribution in [0.25, 0.3) is 0 Å². The zero-order valence-electron chi connectivity index (χ0n) is 15.8. The van der Waals surface area contributed by atoms with E-state index in [0.29, 0.717) is 22.5 Å². The molecule has 2 aromatic carbocycles. The number of benzene rings is 2. The second-order valence-electron chi connectivity index (χ2n) is 6.66. The Morgan fingerprint density at radius 3 is 2.43 bits per heavy atom. The molecule has 1 fully saturated rings. The molecule has 0 aliphatic carbocycles. The molecule has 0 unspecified atom stereocenters. The Kier molecular flexibility index (Phi) is 5.58. The van der Waals surface area contributed by atoms with Crippen LogP contribution in [-0.2, 0) is 0 Å². The van der Waals surface area contributed by atoms with E-state index in [2.05, 4.69) is 15.5 Å². The minimum Gasteiger partial charge on any atom is -0.371 e. The molecule has 1 aliphatic heterocycles. The summed E-state index contributed by atoms with van der Waals surface area (Å²) in [5.41, 5.74) is 2.37. The molecule has 3 rings (SSSR count). The average Bonchev–Trinajstić information content (AvgIpc) is 3.23. The first-order valence-corrected chi connectivity index (χ1v) is 9.09. The quantitative estimate of drug-likeness (QED) is 0.611. The first kappa shape index (κ1) is 19.3. The minimum absolute atomic E-state index is 0.135. The van der Waals surface area contributed by atoms with Crippen molar-refractivity contribution in [2.45, 2.75) is 19.8 Å². The second kappa shape index (κ2) is 8.08. The maximum atomic E-state index is 13.0. The van der Waals surface area contributed by atoms with Crippen LogP contribution in [0.3, 0.4) is 0 Å². The lowest BCUT2D eigenvalue weighted by Gasteiger charge is -2.21. The highest BCUT2D eigenvalue weighted by Gasteiger charge is 2.23. The molecule has 2 N–H and O–H groups in total. The van der Waals surface area contributed by atoms with E-state index in [0.717, 1.165) is 25.9 Å². The lowest BCUT2D eigenvalue weighted by Crippen LogP contribution is -2.24. The molecule has 0 atom stereocenters. The summed E-state index contributed by atoms with van der Waals surface area (Å²) in [7, 11) is 1.54. The number of nitrogens with one attached hydrogen (secondary N) is 2. The molecule has 146 valence electrons. The van der Waals surface area contributed by atoms with Crippen LogP contribution in [0.15, 0.2) is 36.4 Å². The fourth-order valence-corrected chi connectivity index (χ4v) is 3.39. The van der Waals surface area contributed by atoms with E-state index in [1.807, 2.05) is 0 Å². The first-order chi connectivity index (χ1) is 13.4. The van der Waals surface area contributed by atoms with Crippen molar-refractivity contribution in [3.05, 3.63) is 63.2 Å². The summed E-state index contributed by atoms with van der Waals surface area (Å²) >= 11 is 0. The molecule has 2 amide bonds. The third kappa shape index (κ3) is 3.80. The number of non-ortho nitro benzene ring substituents is 1. The zero-order valence-corrected chi connectivity index (χ0v) is 15.8. The summed E-state index contributed by atoms with van der Waals surface area (Å²) < 4.78 is 0. The molecule has 0 bridgehead atoms. The molecule has 1 saturated heterocycles. The van der Waals surface area contributed by atoms with Crippen molar-refractivity contribution in [3.8, 4) is 0 Å². The van der Waals surface area contributed by atoms with E-state index in [-0.39, 0.29) is 17.2 Å². The number of anilines is 2. The highest BCUT2D eigenvalue weighted by molar-refractivity contribution is 6.09. The Bertz CT molecular complexity index is 936. The van der Waals surface area contributed by atoms with Gasteiger partial charge in [-0.1, -0.05) is 6.07 Å². The van der Waals surface area contributed by atoms with Gasteiger partial charge in [-0.15, -0.1) is 0 Å². The number of carbonyl (C=O) groups is 2. The zero-order chi connectivity index (χ0) is 20.3. The number of nitro benzene ring substituents is 1. The Morgan fingerprint density at radius 2 is 1.79 bits per heavy atom. The lowest BCUT2D eigenvalue weighted by atomic mass is 10.0. The number of amides is 2. The maximum absolute atomic E-state index is 13.0. The number of hydrogen-bond acceptors (Lipinski definition) is 5. The summed E-state index contributed by atoms with van der Waals surface area (Å²) in [5.74, 6) is -0.690. The van der Waals surface area contributed by atoms with E-state index in [1.165, 1.54) is 12.1 Å². The predicted molar refractivity (Wildman–Crippen MR) is 107 cm³/mol. The molecule has 1 heterocycles. The van der Waals surface area contributed by atoms with Crippen LogP contribution in [0.2, 0.25) is 0 Å². The number of nitrogens with zero attached hydrogens (tertiary/aromatic N) is 2. The topological polar surface area (TPSA) is 105 Å². The van der Waals surface area contributed by atoms with Gasteiger partial charge in [0.2, 0.25) is 0 Å². The summed E-state index contributed by atoms with van der Waals surface area (Å²) in [6.07, 6.45) is 2.04. The Hall–Kier alpha value is -3.42. The van der Waals surface area contributed by atoms with Gasteiger partial charge < -0.3 is 15.5 Å². The highest BCUT2D eigenvalue weighted by Crippen LogP contribution is 2.29. The molecule has 1 aliphatic rings. The van der Waals surface area contributed by atoms with Crippen molar-refractivity contribution in [2.75, 3.05) is 30.4 Å². The van der Waals surface area contributed by atoms with Gasteiger partial charge in [0.05, 0.1) is 16.2 Å². The molecule has 8 heteroatoms. The number of nitro groups is 1. The van der Waals surface area contributed by atoms with E-state index >= 15 is 0 Å². The Balaban J connectivity index is 1.97. The summed E-state index contributed by atoms with van der Waals surface area (Å²) in [6, 6.07) is 9.41. The van der Waals surface area contributed by atoms with Gasteiger partial charge in [0.25, 0.3) is 17.5 Å². The second-order valence-corrected chi connectivity index (χ2v) is 6.66. The van der Waals surface area contributed by atoms with Crippen LogP contribution in [0.5, 0.6) is 0 Å². The van der Waals surface area contributed by atoms with E-state index in [1.54, 1.807) is 38.2 Å². The van der Waals surface area contributed by atoms with E-state index in [4.69, 9.17) is 0 Å². The first-order valence-electron chi connectivity index (χ1n) is 9.09. The Labute approximate surface area is 162 Å². The van der Waals surface area contributed by atoms with Crippen molar-refractivity contribution >= 4 is 28.9 Å². The van der Waals surface area contributed by atoms with Crippen molar-refractivity contribution < 1.29 is 14.5 Å². The summed E-state index contributed by atoms with van der Waals surface area (Å²) in [6.45, 7) is 3.36. The van der Waals surface area contributed by atoms with Gasteiger partial charge in [0.1, 0.15) is 0 Å². The maximum Gasteiger partial charge on any atom is 0.270 e. The lowest BCUT2D eigenvalue weighted by molar-refractivity contribution is -0.384. The van der Waals surface area contributed by atoms with E-state index in [9.17, 15) is 19.7 Å². The van der Waals surface area contributed by atoms with Gasteiger partial charge >= 0.3 is 0 Å². The SMILES string of the molecule is CNC(=O)c1cccc(NC(=O)c2cc([N+](=O)[O-])ccc2N2CCCC2)c1C. The summed E-state index contributed by atoms with van der Waals surface area (Å²) in [4.78, 5) is 37.7. The molecular formula is C20H22N4O4. The fraction of sp³-hybridized carbons (Fsp3) is 0.300. The van der Waals surface area contributed by atoms with Gasteiger partial charge in [0, 0.05) is 43.5 Å². The highest BCUT2D eigenvalue weighted by atomic mass is 16.6. The largest absolute Gasteiger partial charge is 0.371 e. The van der Waals surface area contributed by atoms with E-state index < -0.39 is 10.8 Å². The molecule has 2 aromatic rings. The Morgan fingerprint density at radius 1 is 1.07 bits per heavy atom. The summed E-state index contributed by atoms with van der Waals surface area (Å²) in [5, 5.41) is 16.6. The van der Waals surface area contributed by atoms with Crippen molar-refractivity contribution in [3.63, 3.8) is 0 Å². The van der Waals surface area contributed by atoms with Gasteiger partial charge in [0.15, 0.2) is 0 Å². The van der Waals surface area contributed by atoms with Gasteiger partial charge in [-0.05, 0) is 43.5 Å². The molecule has 8 nitrogen and oxygen atoms in total. The van der Waals surface area contributed by atoms with Crippen LogP contribution in [-0.4, -0.2) is 36.9 Å². The van der Waals surface area contributed by atoms with Crippen molar-refractivity contribution in [1.82, 2.24) is 5.32 Å². The molecular weight excluding hydrogens is 360 g/mol. The molecule has 0 spiro atoms. The van der Waals surface area contributed by atoms with Crippen LogP contribution < -0.4 is 15.5 Å². The molecule has 0 saturated carbocycles. The van der Waals surface area contributed by atoms with Crippen LogP contribution >= 0.6 is 0 Å². The van der Waals surface area contributed by atoms with Gasteiger partial charge in [-0.3, -0.25) is 19.7 Å². The van der Waals surface area contributed by atoms with Crippen molar-refractivity contribution in [2.24, 2.45) is 0 Å². The number of hydrogen-bond donors (Lipinski definition) is 2. The van der Waals surface area contributed by atoms with Crippen LogP contribution in [0.1, 0.15) is 39.1 Å². The predicted octanol–water partition coefficient (Wildman–Crippen LogP) is 3.12. The fourth-order valence-electron chi connectivity index (χ4n) is 3.39. The monoisotopic (exact) mass is 382 g/mol. The minimum atomic E-state index is -0.512. The number of rotatable bonds is 5. The van der Waals surface area contributed by atoms with Crippen LogP contribution in [0, 0.1) is 17.0 Å². The third-order valence-electron chi connectivity index (χ3n) is 4.94. The van der Waals surface area contributed by atoms with Gasteiger partial charge in [-0.2, -0.15) is 0 Å². The third-order valence-corrected chi connectivity index (χ3v) is 4.94. The molecule has 28 heavy (non-hydrogen) atoms. The standard InChI is InChI=1S/C20H22N4O4/c1-13-15(19(25)21-2)6-5-7-17(13)22-20(26)16-12-14(24(27)28)8-9-18(16)23-10-3-4-11-23/h5-9,12H,3-4,10-11H2,1-2H3,(H,21,25)(H,22,26). The average molecular weight is 382 g/mol. The van der Waals surface area contributed by atoms with Gasteiger partial charge in [-0.25, -0.2) is 0 Å².